The number of amides is 1. The van der Waals surface area contributed by atoms with Gasteiger partial charge in [-0.3, -0.25) is 4.79 Å². The number of halogens is 1. The van der Waals surface area contributed by atoms with Gasteiger partial charge < -0.3 is 5.32 Å². The second kappa shape index (κ2) is 6.17. The van der Waals surface area contributed by atoms with Crippen molar-refractivity contribution in [2.45, 2.75) is 12.8 Å². The van der Waals surface area contributed by atoms with Crippen LogP contribution in [0.25, 0.3) is 21.8 Å². The molecule has 0 radical (unpaired) electrons. The number of hydrogen-bond donors (Lipinski definition) is 1. The van der Waals surface area contributed by atoms with Crippen LogP contribution in [0.15, 0.2) is 53.9 Å². The van der Waals surface area contributed by atoms with Gasteiger partial charge in [0.2, 0.25) is 5.91 Å². The average Bonchev–Trinajstić information content (AvgIpc) is 3.34. The average molecular weight is 338 g/mol. The summed E-state index contributed by atoms with van der Waals surface area (Å²) in [6.07, 6.45) is 1.92. The molecule has 1 amide bonds. The van der Waals surface area contributed by atoms with Crippen LogP contribution in [0.4, 0.5) is 10.1 Å². The number of thiazole rings is 1. The number of anilines is 1. The second-order valence-corrected chi connectivity index (χ2v) is 6.68. The van der Waals surface area contributed by atoms with Gasteiger partial charge >= 0.3 is 0 Å². The number of carbonyl (C=O) groups is 1. The maximum atomic E-state index is 13.9. The Kier molecular flexibility index (Phi) is 3.86. The highest BCUT2D eigenvalue weighted by atomic mass is 32.1. The first-order valence-corrected chi connectivity index (χ1v) is 8.71. The molecular formula is C19H15FN2OS. The van der Waals surface area contributed by atoms with Crippen molar-refractivity contribution in [3.8, 4) is 21.8 Å². The summed E-state index contributed by atoms with van der Waals surface area (Å²) >= 11 is 1.39. The van der Waals surface area contributed by atoms with Crippen LogP contribution >= 0.6 is 11.3 Å². The topological polar surface area (TPSA) is 42.0 Å². The lowest BCUT2D eigenvalue weighted by atomic mass is 10.1. The van der Waals surface area contributed by atoms with Crippen LogP contribution in [0.1, 0.15) is 12.8 Å². The van der Waals surface area contributed by atoms with E-state index in [1.54, 1.807) is 18.2 Å². The van der Waals surface area contributed by atoms with E-state index in [0.717, 1.165) is 29.8 Å². The molecule has 0 bridgehead atoms. The van der Waals surface area contributed by atoms with E-state index in [2.05, 4.69) is 10.3 Å². The largest absolute Gasteiger partial charge is 0.325 e. The summed E-state index contributed by atoms with van der Waals surface area (Å²) in [6.45, 7) is 0. The van der Waals surface area contributed by atoms with Crippen molar-refractivity contribution in [1.29, 1.82) is 0 Å². The van der Waals surface area contributed by atoms with E-state index >= 15 is 0 Å². The summed E-state index contributed by atoms with van der Waals surface area (Å²) in [6, 6.07) is 14.2. The number of nitrogens with zero attached hydrogens (tertiary/aromatic N) is 1. The molecular weight excluding hydrogens is 323 g/mol. The monoisotopic (exact) mass is 338 g/mol. The fraction of sp³-hybridized carbons (Fsp3) is 0.158. The predicted molar refractivity (Wildman–Crippen MR) is 94.3 cm³/mol. The number of benzene rings is 2. The standard InChI is InChI=1S/C19H15FN2OS/c20-15-7-3-1-5-13(15)19-22-17(11-24-19)14-6-2-4-8-16(14)21-18(23)12-9-10-12/h1-8,11-12H,9-10H2,(H,21,23). The Bertz CT molecular complexity index is 902. The number of carbonyl (C=O) groups excluding carboxylic acids is 1. The first-order valence-electron chi connectivity index (χ1n) is 7.83. The van der Waals surface area contributed by atoms with E-state index in [4.69, 9.17) is 0 Å². The lowest BCUT2D eigenvalue weighted by Crippen LogP contribution is -2.13. The summed E-state index contributed by atoms with van der Waals surface area (Å²) in [5.74, 6) is -0.0804. The van der Waals surface area contributed by atoms with Gasteiger partial charge in [-0.15, -0.1) is 11.3 Å². The van der Waals surface area contributed by atoms with Crippen molar-refractivity contribution in [2.24, 2.45) is 5.92 Å². The van der Waals surface area contributed by atoms with Crippen LogP contribution in [-0.4, -0.2) is 10.9 Å². The van der Waals surface area contributed by atoms with Crippen molar-refractivity contribution in [2.75, 3.05) is 5.32 Å². The Labute approximate surface area is 143 Å². The Morgan fingerprint density at radius 3 is 2.54 bits per heavy atom. The summed E-state index contributed by atoms with van der Waals surface area (Å²) in [4.78, 5) is 16.6. The fourth-order valence-electron chi connectivity index (χ4n) is 2.55. The quantitative estimate of drug-likeness (QED) is 0.730. The minimum atomic E-state index is -0.284. The van der Waals surface area contributed by atoms with Gasteiger partial charge in [0.05, 0.1) is 11.4 Å². The van der Waals surface area contributed by atoms with E-state index in [-0.39, 0.29) is 17.6 Å². The zero-order valence-electron chi connectivity index (χ0n) is 12.8. The van der Waals surface area contributed by atoms with Crippen molar-refractivity contribution >= 4 is 22.9 Å². The van der Waals surface area contributed by atoms with Gasteiger partial charge in [0.1, 0.15) is 10.8 Å². The lowest BCUT2D eigenvalue weighted by Gasteiger charge is -2.09. The summed E-state index contributed by atoms with van der Waals surface area (Å²) < 4.78 is 13.9. The van der Waals surface area contributed by atoms with Gasteiger partial charge in [-0.25, -0.2) is 9.37 Å². The molecule has 3 aromatic rings. The predicted octanol–water partition coefficient (Wildman–Crippen LogP) is 4.96. The van der Waals surface area contributed by atoms with Gasteiger partial charge in [-0.2, -0.15) is 0 Å². The van der Waals surface area contributed by atoms with E-state index in [1.807, 2.05) is 29.6 Å². The molecule has 1 saturated carbocycles. The molecule has 2 aromatic carbocycles. The van der Waals surface area contributed by atoms with Crippen LogP contribution in [-0.2, 0) is 4.79 Å². The molecule has 1 aromatic heterocycles. The fourth-order valence-corrected chi connectivity index (χ4v) is 3.40. The van der Waals surface area contributed by atoms with Crippen molar-refractivity contribution in [3.05, 3.63) is 59.7 Å². The zero-order valence-corrected chi connectivity index (χ0v) is 13.6. The Hall–Kier alpha value is -2.53. The molecule has 5 heteroatoms. The minimum Gasteiger partial charge on any atom is -0.325 e. The summed E-state index contributed by atoms with van der Waals surface area (Å²) in [5, 5.41) is 5.51. The third-order valence-corrected chi connectivity index (χ3v) is 4.89. The second-order valence-electron chi connectivity index (χ2n) is 5.83. The molecule has 3 nitrogen and oxygen atoms in total. The molecule has 1 N–H and O–H groups in total. The highest BCUT2D eigenvalue weighted by molar-refractivity contribution is 7.13. The van der Waals surface area contributed by atoms with Crippen LogP contribution in [0, 0.1) is 11.7 Å². The Morgan fingerprint density at radius 2 is 1.79 bits per heavy atom. The molecule has 4 rings (SSSR count). The van der Waals surface area contributed by atoms with Crippen LogP contribution in [0.5, 0.6) is 0 Å². The number of rotatable bonds is 4. The molecule has 24 heavy (non-hydrogen) atoms. The van der Waals surface area contributed by atoms with Gasteiger partial charge in [0, 0.05) is 22.4 Å². The molecule has 0 atom stereocenters. The van der Waals surface area contributed by atoms with E-state index in [0.29, 0.717) is 10.6 Å². The van der Waals surface area contributed by atoms with Crippen molar-refractivity contribution in [1.82, 2.24) is 4.98 Å². The van der Waals surface area contributed by atoms with E-state index in [9.17, 15) is 9.18 Å². The SMILES string of the molecule is O=C(Nc1ccccc1-c1csc(-c2ccccc2F)n1)C1CC1. The van der Waals surface area contributed by atoms with Gasteiger partial charge in [0.25, 0.3) is 0 Å². The minimum absolute atomic E-state index is 0.0620. The van der Waals surface area contributed by atoms with Crippen molar-refractivity contribution < 1.29 is 9.18 Å². The van der Waals surface area contributed by atoms with Crippen LogP contribution < -0.4 is 5.32 Å². The summed E-state index contributed by atoms with van der Waals surface area (Å²) in [5.41, 5.74) is 2.84. The van der Waals surface area contributed by atoms with Gasteiger partial charge in [-0.05, 0) is 31.0 Å². The molecule has 1 aliphatic rings. The maximum Gasteiger partial charge on any atom is 0.227 e. The highest BCUT2D eigenvalue weighted by Crippen LogP contribution is 2.35. The highest BCUT2D eigenvalue weighted by Gasteiger charge is 2.30. The van der Waals surface area contributed by atoms with Crippen molar-refractivity contribution in [3.63, 3.8) is 0 Å². The number of nitrogens with one attached hydrogen (secondary N) is 1. The smallest absolute Gasteiger partial charge is 0.227 e. The molecule has 1 aliphatic carbocycles. The Morgan fingerprint density at radius 1 is 1.08 bits per heavy atom. The van der Waals surface area contributed by atoms with Crippen LogP contribution in [0.2, 0.25) is 0 Å². The Balaban J connectivity index is 1.67. The van der Waals surface area contributed by atoms with Gasteiger partial charge in [0.15, 0.2) is 0 Å². The molecule has 0 saturated heterocycles. The molecule has 120 valence electrons. The zero-order chi connectivity index (χ0) is 16.5. The third kappa shape index (κ3) is 2.95. The number of para-hydroxylation sites is 1. The van der Waals surface area contributed by atoms with E-state index in [1.165, 1.54) is 17.4 Å². The van der Waals surface area contributed by atoms with Gasteiger partial charge in [-0.1, -0.05) is 30.3 Å². The van der Waals surface area contributed by atoms with E-state index < -0.39 is 0 Å². The lowest BCUT2D eigenvalue weighted by molar-refractivity contribution is -0.117. The summed E-state index contributed by atoms with van der Waals surface area (Å²) in [7, 11) is 0. The van der Waals surface area contributed by atoms with Crippen LogP contribution in [0.3, 0.4) is 0 Å². The molecule has 0 unspecified atom stereocenters. The molecule has 1 fully saturated rings. The molecule has 0 aliphatic heterocycles. The molecule has 1 heterocycles. The molecule has 0 spiro atoms. The number of aromatic nitrogens is 1. The third-order valence-electron chi connectivity index (χ3n) is 4.02. The number of hydrogen-bond acceptors (Lipinski definition) is 3. The normalized spacial score (nSPS) is 13.7. The first kappa shape index (κ1) is 15.0. The first-order chi connectivity index (χ1) is 11.7. The maximum absolute atomic E-state index is 13.9.